The molecule has 3 atom stereocenters. The van der Waals surface area contributed by atoms with Crippen molar-refractivity contribution < 1.29 is 22.7 Å². The van der Waals surface area contributed by atoms with Gasteiger partial charge in [-0.1, -0.05) is 24.8 Å². The second kappa shape index (κ2) is 7.98. The van der Waals surface area contributed by atoms with E-state index in [1.165, 1.54) is 10.4 Å². The van der Waals surface area contributed by atoms with Gasteiger partial charge in [0.05, 0.1) is 11.0 Å². The maximum absolute atomic E-state index is 13.0. The molecule has 0 aliphatic carbocycles. The van der Waals surface area contributed by atoms with E-state index in [4.69, 9.17) is 9.47 Å². The molecule has 8 heteroatoms. The molecular weight excluding hydrogens is 392 g/mol. The molecule has 0 radical (unpaired) electrons. The SMILES string of the molecule is C=CC(=O)NC1CC2CN(S(=O)(=O)c3ccc(Oc4ccccc4)cc3)CC2O1. The third-order valence-corrected chi connectivity index (χ3v) is 6.98. The van der Waals surface area contributed by atoms with Crippen molar-refractivity contribution in [3.63, 3.8) is 0 Å². The number of nitrogens with zero attached hydrogens (tertiary/aromatic N) is 1. The van der Waals surface area contributed by atoms with Gasteiger partial charge in [0.1, 0.15) is 17.7 Å². The first-order valence-electron chi connectivity index (χ1n) is 9.37. The van der Waals surface area contributed by atoms with E-state index in [2.05, 4.69) is 11.9 Å². The second-order valence-corrected chi connectivity index (χ2v) is 9.02. The van der Waals surface area contributed by atoms with Crippen molar-refractivity contribution in [1.82, 2.24) is 9.62 Å². The van der Waals surface area contributed by atoms with Crippen LogP contribution in [0.2, 0.25) is 0 Å². The lowest BCUT2D eigenvalue weighted by Gasteiger charge is -2.19. The van der Waals surface area contributed by atoms with Gasteiger partial charge in [0, 0.05) is 19.0 Å². The van der Waals surface area contributed by atoms with Crippen LogP contribution < -0.4 is 10.1 Å². The van der Waals surface area contributed by atoms with Crippen LogP contribution in [0.3, 0.4) is 0 Å². The Morgan fingerprint density at radius 2 is 1.79 bits per heavy atom. The van der Waals surface area contributed by atoms with E-state index in [1.54, 1.807) is 24.3 Å². The number of ether oxygens (including phenoxy) is 2. The molecule has 0 bridgehead atoms. The van der Waals surface area contributed by atoms with Crippen molar-refractivity contribution in [2.45, 2.75) is 23.6 Å². The van der Waals surface area contributed by atoms with Gasteiger partial charge in [-0.15, -0.1) is 0 Å². The molecule has 4 rings (SSSR count). The Hall–Kier alpha value is -2.68. The normalized spacial score (nSPS) is 24.1. The third-order valence-electron chi connectivity index (χ3n) is 5.13. The molecule has 1 amide bonds. The molecule has 7 nitrogen and oxygen atoms in total. The first-order chi connectivity index (χ1) is 14.0. The van der Waals surface area contributed by atoms with Crippen LogP contribution in [-0.4, -0.2) is 44.1 Å². The van der Waals surface area contributed by atoms with Crippen LogP contribution in [-0.2, 0) is 19.6 Å². The molecule has 2 aromatic rings. The maximum Gasteiger partial charge on any atom is 0.245 e. The maximum atomic E-state index is 13.0. The molecule has 1 N–H and O–H groups in total. The highest BCUT2D eigenvalue weighted by Crippen LogP contribution is 2.35. The summed E-state index contributed by atoms with van der Waals surface area (Å²) in [6.07, 6.45) is 1.16. The fraction of sp³-hybridized carbons (Fsp3) is 0.286. The number of carbonyl (C=O) groups is 1. The molecule has 2 aliphatic rings. The fourth-order valence-corrected chi connectivity index (χ4v) is 5.19. The quantitative estimate of drug-likeness (QED) is 0.735. The van der Waals surface area contributed by atoms with E-state index in [0.29, 0.717) is 24.5 Å². The first-order valence-corrected chi connectivity index (χ1v) is 10.8. The van der Waals surface area contributed by atoms with Gasteiger partial charge < -0.3 is 14.8 Å². The number of hydrogen-bond donors (Lipinski definition) is 1. The number of fused-ring (bicyclic) bond motifs is 1. The van der Waals surface area contributed by atoms with E-state index in [9.17, 15) is 13.2 Å². The fourth-order valence-electron chi connectivity index (χ4n) is 3.69. The number of hydrogen-bond acceptors (Lipinski definition) is 5. The van der Waals surface area contributed by atoms with E-state index >= 15 is 0 Å². The monoisotopic (exact) mass is 414 g/mol. The molecule has 3 unspecified atom stereocenters. The molecule has 2 saturated heterocycles. The Morgan fingerprint density at radius 1 is 1.10 bits per heavy atom. The summed E-state index contributed by atoms with van der Waals surface area (Å²) in [5, 5.41) is 2.71. The number of carbonyl (C=O) groups excluding carboxylic acids is 1. The standard InChI is InChI=1S/C21H22N2O5S/c1-2-20(24)22-21-12-15-13-23(14-19(15)28-21)29(25,26)18-10-8-17(9-11-18)27-16-6-4-3-5-7-16/h2-11,15,19,21H,1,12-14H2,(H,22,24). The van der Waals surface area contributed by atoms with Gasteiger partial charge in [0.15, 0.2) is 0 Å². The van der Waals surface area contributed by atoms with Crippen LogP contribution in [0.4, 0.5) is 0 Å². The smallest absolute Gasteiger partial charge is 0.245 e. The summed E-state index contributed by atoms with van der Waals surface area (Å²) in [5.41, 5.74) is 0. The van der Waals surface area contributed by atoms with Gasteiger partial charge in [-0.3, -0.25) is 4.79 Å². The van der Waals surface area contributed by atoms with E-state index < -0.39 is 16.3 Å². The van der Waals surface area contributed by atoms with E-state index in [0.717, 1.165) is 0 Å². The Labute approximate surface area is 170 Å². The van der Waals surface area contributed by atoms with Crippen molar-refractivity contribution in [3.8, 4) is 11.5 Å². The molecule has 152 valence electrons. The number of benzene rings is 2. The van der Waals surface area contributed by atoms with Gasteiger partial charge in [-0.2, -0.15) is 4.31 Å². The summed E-state index contributed by atoms with van der Waals surface area (Å²) in [7, 11) is -3.62. The Morgan fingerprint density at radius 3 is 2.45 bits per heavy atom. The number of para-hydroxylation sites is 1. The zero-order valence-electron chi connectivity index (χ0n) is 15.7. The van der Waals surface area contributed by atoms with Crippen molar-refractivity contribution in [2.75, 3.05) is 13.1 Å². The third kappa shape index (κ3) is 4.19. The summed E-state index contributed by atoms with van der Waals surface area (Å²) >= 11 is 0. The average molecular weight is 414 g/mol. The Bertz CT molecular complexity index is 977. The summed E-state index contributed by atoms with van der Waals surface area (Å²) in [4.78, 5) is 11.6. The average Bonchev–Trinajstić information content (AvgIpc) is 3.28. The van der Waals surface area contributed by atoms with Gasteiger partial charge in [0.25, 0.3) is 0 Å². The molecule has 2 aliphatic heterocycles. The molecule has 0 spiro atoms. The number of amides is 1. The second-order valence-electron chi connectivity index (χ2n) is 7.08. The zero-order chi connectivity index (χ0) is 20.4. The van der Waals surface area contributed by atoms with Crippen LogP contribution in [0.25, 0.3) is 0 Å². The predicted molar refractivity (Wildman–Crippen MR) is 107 cm³/mol. The molecule has 2 fully saturated rings. The van der Waals surface area contributed by atoms with Crippen LogP contribution >= 0.6 is 0 Å². The number of rotatable bonds is 6. The lowest BCUT2D eigenvalue weighted by atomic mass is 10.1. The van der Waals surface area contributed by atoms with Crippen molar-refractivity contribution in [1.29, 1.82) is 0 Å². The highest BCUT2D eigenvalue weighted by atomic mass is 32.2. The van der Waals surface area contributed by atoms with Gasteiger partial charge in [0.2, 0.25) is 15.9 Å². The largest absolute Gasteiger partial charge is 0.457 e. The minimum atomic E-state index is -3.62. The summed E-state index contributed by atoms with van der Waals surface area (Å²) in [5.74, 6) is 1.01. The topological polar surface area (TPSA) is 84.9 Å². The van der Waals surface area contributed by atoms with Crippen molar-refractivity contribution in [2.24, 2.45) is 5.92 Å². The highest BCUT2D eigenvalue weighted by molar-refractivity contribution is 7.89. The highest BCUT2D eigenvalue weighted by Gasteiger charge is 2.46. The summed E-state index contributed by atoms with van der Waals surface area (Å²) in [6, 6.07) is 15.7. The molecular formula is C21H22N2O5S. The van der Waals surface area contributed by atoms with Crippen LogP contribution in [0.15, 0.2) is 72.1 Å². The summed E-state index contributed by atoms with van der Waals surface area (Å²) in [6.45, 7) is 4.06. The van der Waals surface area contributed by atoms with E-state index in [1.807, 2.05) is 30.3 Å². The first kappa shape index (κ1) is 19.6. The minimum Gasteiger partial charge on any atom is -0.457 e. The molecule has 2 heterocycles. The predicted octanol–water partition coefficient (Wildman–Crippen LogP) is 2.52. The van der Waals surface area contributed by atoms with Gasteiger partial charge in [-0.25, -0.2) is 8.42 Å². The number of nitrogens with one attached hydrogen (secondary N) is 1. The Balaban J connectivity index is 1.40. The van der Waals surface area contributed by atoms with Crippen molar-refractivity contribution >= 4 is 15.9 Å². The minimum absolute atomic E-state index is 0.0561. The van der Waals surface area contributed by atoms with Crippen LogP contribution in [0, 0.1) is 5.92 Å². The van der Waals surface area contributed by atoms with Crippen LogP contribution in [0.5, 0.6) is 11.5 Å². The Kier molecular flexibility index (Phi) is 5.40. The lowest BCUT2D eigenvalue weighted by Crippen LogP contribution is -2.37. The van der Waals surface area contributed by atoms with Crippen molar-refractivity contribution in [3.05, 3.63) is 67.3 Å². The lowest BCUT2D eigenvalue weighted by molar-refractivity contribution is -0.120. The molecule has 29 heavy (non-hydrogen) atoms. The van der Waals surface area contributed by atoms with Gasteiger partial charge >= 0.3 is 0 Å². The zero-order valence-corrected chi connectivity index (χ0v) is 16.5. The summed E-state index contributed by atoms with van der Waals surface area (Å²) < 4.78 is 38.9. The van der Waals surface area contributed by atoms with Crippen LogP contribution in [0.1, 0.15) is 6.42 Å². The van der Waals surface area contributed by atoms with E-state index in [-0.39, 0.29) is 29.4 Å². The van der Waals surface area contributed by atoms with Gasteiger partial charge in [-0.05, 0) is 48.9 Å². The molecule has 2 aromatic carbocycles. The number of sulfonamides is 1. The molecule has 0 saturated carbocycles. The molecule has 0 aromatic heterocycles.